The van der Waals surface area contributed by atoms with Gasteiger partial charge in [0.15, 0.2) is 18.9 Å². The van der Waals surface area contributed by atoms with Gasteiger partial charge >= 0.3 is 0 Å². The summed E-state index contributed by atoms with van der Waals surface area (Å²) in [6.45, 7) is 1.77. The number of allylic oxidation sites excluding steroid dienone is 1. The van der Waals surface area contributed by atoms with Crippen LogP contribution in [0.4, 0.5) is 0 Å². The van der Waals surface area contributed by atoms with Gasteiger partial charge < -0.3 is 89.9 Å². The molecule has 568 valence electrons. The van der Waals surface area contributed by atoms with Crippen molar-refractivity contribution < 1.29 is 89.4 Å². The van der Waals surface area contributed by atoms with Crippen molar-refractivity contribution in [2.24, 2.45) is 0 Å². The van der Waals surface area contributed by atoms with E-state index in [1.165, 1.54) is 270 Å². The highest BCUT2D eigenvalue weighted by molar-refractivity contribution is 5.76. The normalized spacial score (nSPS) is 27.0. The van der Waals surface area contributed by atoms with Gasteiger partial charge in [-0.3, -0.25) is 4.79 Å². The van der Waals surface area contributed by atoms with Crippen molar-refractivity contribution in [1.29, 1.82) is 0 Å². The van der Waals surface area contributed by atoms with E-state index in [1.807, 2.05) is 6.08 Å². The van der Waals surface area contributed by atoms with Crippen molar-refractivity contribution in [3.05, 3.63) is 12.2 Å². The summed E-state index contributed by atoms with van der Waals surface area (Å²) in [6.07, 6.45) is 42.5. The first-order chi connectivity index (χ1) is 46.8. The number of aliphatic hydroxyl groups is 11. The molecule has 96 heavy (non-hydrogen) atoms. The quantitative estimate of drug-likeness (QED) is 0.0199. The van der Waals surface area contributed by atoms with Gasteiger partial charge in [-0.25, -0.2) is 0 Å². The molecule has 3 rings (SSSR count). The first-order valence-electron chi connectivity index (χ1n) is 39.9. The zero-order valence-electron chi connectivity index (χ0n) is 60.6. The third kappa shape index (κ3) is 39.3. The lowest BCUT2D eigenvalue weighted by Gasteiger charge is -2.48. The van der Waals surface area contributed by atoms with Crippen molar-refractivity contribution in [2.45, 2.75) is 446 Å². The molecule has 17 atom stereocenters. The second-order valence-corrected chi connectivity index (χ2v) is 28.9. The molecule has 3 saturated heterocycles. The Labute approximate surface area is 582 Å². The fourth-order valence-corrected chi connectivity index (χ4v) is 13.9. The summed E-state index contributed by atoms with van der Waals surface area (Å²) in [7, 11) is 0. The van der Waals surface area contributed by atoms with Gasteiger partial charge in [0, 0.05) is 6.42 Å². The minimum Gasteiger partial charge on any atom is -0.394 e. The molecule has 3 aliphatic heterocycles. The van der Waals surface area contributed by atoms with Crippen LogP contribution < -0.4 is 5.32 Å². The lowest BCUT2D eigenvalue weighted by molar-refractivity contribution is -0.379. The number of carbonyl (C=O) groups excluding carboxylic acids is 1. The van der Waals surface area contributed by atoms with Crippen LogP contribution in [-0.4, -0.2) is 193 Å². The van der Waals surface area contributed by atoms with Crippen LogP contribution >= 0.6 is 0 Å². The van der Waals surface area contributed by atoms with Crippen molar-refractivity contribution in [2.75, 3.05) is 26.4 Å². The molecule has 0 aromatic heterocycles. The summed E-state index contributed by atoms with van der Waals surface area (Å²) in [5.74, 6) is -0.269. The third-order valence-electron chi connectivity index (χ3n) is 20.3. The summed E-state index contributed by atoms with van der Waals surface area (Å²) < 4.78 is 34.4. The Morgan fingerprint density at radius 1 is 0.365 bits per heavy atom. The zero-order valence-corrected chi connectivity index (χ0v) is 60.6. The van der Waals surface area contributed by atoms with E-state index < -0.39 is 124 Å². The molecule has 0 aromatic carbocycles. The Hall–Kier alpha value is -1.47. The van der Waals surface area contributed by atoms with Crippen LogP contribution in [0.1, 0.15) is 341 Å². The second-order valence-electron chi connectivity index (χ2n) is 28.9. The second kappa shape index (κ2) is 59.0. The van der Waals surface area contributed by atoms with Crippen LogP contribution in [0.25, 0.3) is 0 Å². The molecule has 0 radical (unpaired) electrons. The van der Waals surface area contributed by atoms with E-state index in [0.717, 1.165) is 44.9 Å². The summed E-state index contributed by atoms with van der Waals surface area (Å²) >= 11 is 0. The van der Waals surface area contributed by atoms with E-state index in [-0.39, 0.29) is 18.9 Å². The molecule has 12 N–H and O–H groups in total. The number of rotatable bonds is 64. The summed E-state index contributed by atoms with van der Waals surface area (Å²) in [5, 5.41) is 121. The van der Waals surface area contributed by atoms with E-state index in [1.54, 1.807) is 6.08 Å². The summed E-state index contributed by atoms with van der Waals surface area (Å²) in [5.41, 5.74) is 0. The van der Waals surface area contributed by atoms with Crippen LogP contribution in [0, 0.1) is 0 Å². The SMILES string of the molecule is CCCCCCCCCCCCC/C=C/C(O)C(COC1OC(CO)C(OC2OC(CO)C(OC3OC(CO)C(O)C(O)C3O)C(O)C2O)C(O)C1O)NC(=O)CCCCCCCCCCCCCCCCCCCCCCCCCCCCCCCCCCCCCCCC. The summed E-state index contributed by atoms with van der Waals surface area (Å²) in [6, 6.07) is -0.968. The van der Waals surface area contributed by atoms with E-state index in [9.17, 15) is 61.0 Å². The number of amides is 1. The molecule has 3 heterocycles. The van der Waals surface area contributed by atoms with Crippen molar-refractivity contribution in [3.8, 4) is 0 Å². The largest absolute Gasteiger partial charge is 0.394 e. The van der Waals surface area contributed by atoms with E-state index >= 15 is 0 Å². The first-order valence-corrected chi connectivity index (χ1v) is 39.9. The fourth-order valence-electron chi connectivity index (χ4n) is 13.9. The van der Waals surface area contributed by atoms with Gasteiger partial charge in [-0.1, -0.05) is 328 Å². The topological polar surface area (TPSA) is 307 Å². The Morgan fingerprint density at radius 3 is 0.979 bits per heavy atom. The maximum atomic E-state index is 13.4. The average Bonchev–Trinajstić information content (AvgIpc) is 0.791. The molecule has 19 nitrogen and oxygen atoms in total. The number of aliphatic hydroxyl groups excluding tert-OH is 11. The molecule has 0 aromatic rings. The Balaban J connectivity index is 1.28. The van der Waals surface area contributed by atoms with Gasteiger partial charge in [0.2, 0.25) is 5.91 Å². The van der Waals surface area contributed by atoms with Crippen molar-refractivity contribution >= 4 is 5.91 Å². The maximum Gasteiger partial charge on any atom is 0.220 e. The van der Waals surface area contributed by atoms with Crippen LogP contribution in [0.2, 0.25) is 0 Å². The predicted octanol–water partition coefficient (Wildman–Crippen LogP) is 12.8. The summed E-state index contributed by atoms with van der Waals surface area (Å²) in [4.78, 5) is 13.4. The van der Waals surface area contributed by atoms with Gasteiger partial charge in [0.25, 0.3) is 0 Å². The Morgan fingerprint density at radius 2 is 0.646 bits per heavy atom. The monoisotopic (exact) mass is 1370 g/mol. The van der Waals surface area contributed by atoms with Crippen LogP contribution in [-0.2, 0) is 33.2 Å². The van der Waals surface area contributed by atoms with Gasteiger partial charge in [-0.2, -0.15) is 0 Å². The highest BCUT2D eigenvalue weighted by Crippen LogP contribution is 2.33. The van der Waals surface area contributed by atoms with Crippen molar-refractivity contribution in [3.63, 3.8) is 0 Å². The van der Waals surface area contributed by atoms with Crippen LogP contribution in [0.5, 0.6) is 0 Å². The minimum atomic E-state index is -1.98. The van der Waals surface area contributed by atoms with Gasteiger partial charge in [0.1, 0.15) is 73.2 Å². The molecule has 0 saturated carbocycles. The molecular formula is C77H147NO18. The van der Waals surface area contributed by atoms with Crippen molar-refractivity contribution in [1.82, 2.24) is 5.32 Å². The molecule has 17 unspecified atom stereocenters. The number of unbranched alkanes of at least 4 members (excludes halogenated alkanes) is 48. The minimum absolute atomic E-state index is 0.250. The van der Waals surface area contributed by atoms with Gasteiger partial charge in [-0.05, 0) is 19.3 Å². The molecule has 3 fully saturated rings. The molecule has 0 spiro atoms. The maximum absolute atomic E-state index is 13.4. The Bertz CT molecular complexity index is 1790. The number of ether oxygens (including phenoxy) is 6. The smallest absolute Gasteiger partial charge is 0.220 e. The highest BCUT2D eigenvalue weighted by Gasteiger charge is 2.54. The number of hydrogen-bond donors (Lipinski definition) is 12. The van der Waals surface area contributed by atoms with E-state index in [4.69, 9.17) is 28.4 Å². The van der Waals surface area contributed by atoms with Crippen LogP contribution in [0.15, 0.2) is 12.2 Å². The van der Waals surface area contributed by atoms with Crippen LogP contribution in [0.3, 0.4) is 0 Å². The number of hydrogen-bond acceptors (Lipinski definition) is 18. The predicted molar refractivity (Wildman–Crippen MR) is 379 cm³/mol. The average molecular weight is 1380 g/mol. The molecule has 0 bridgehead atoms. The lowest BCUT2D eigenvalue weighted by Crippen LogP contribution is -2.66. The molecule has 3 aliphatic rings. The zero-order chi connectivity index (χ0) is 69.6. The lowest BCUT2D eigenvalue weighted by atomic mass is 9.96. The molecule has 0 aliphatic carbocycles. The van der Waals surface area contributed by atoms with E-state index in [2.05, 4.69) is 19.2 Å². The number of carbonyl (C=O) groups is 1. The van der Waals surface area contributed by atoms with Gasteiger partial charge in [0.05, 0.1) is 38.6 Å². The molecule has 1 amide bonds. The fraction of sp³-hybridized carbons (Fsp3) is 0.961. The number of nitrogens with one attached hydrogen (secondary N) is 1. The third-order valence-corrected chi connectivity index (χ3v) is 20.3. The van der Waals surface area contributed by atoms with E-state index in [0.29, 0.717) is 6.42 Å². The van der Waals surface area contributed by atoms with Gasteiger partial charge in [-0.15, -0.1) is 0 Å². The first kappa shape index (κ1) is 88.7. The molecular weight excluding hydrogens is 1230 g/mol. The Kier molecular flexibility index (Phi) is 54.5. The molecule has 19 heteroatoms. The highest BCUT2D eigenvalue weighted by atomic mass is 16.8. The standard InChI is InChI=1S/C77H147NO18/c1-3-5-7-9-11-13-15-17-18-19-20-21-22-23-24-25-26-27-28-29-30-31-32-33-34-35-36-37-38-39-40-41-43-45-47-49-51-53-55-65(83)78-60(61(82)54-52-50-48-46-44-42-16-14-12-10-8-6-4-2)59-91-75-71(89)68(86)73(63(57-80)93-75)96-77-72(90)69(87)74(64(58-81)94-77)95-76-70(88)67(85)66(84)62(56-79)92-76/h52,54,60-64,66-77,79-82,84-90H,3-51,53,55-59H2,1-2H3,(H,78,83)/b54-52+.